The second kappa shape index (κ2) is 15.3. The Bertz CT molecular complexity index is 569. The van der Waals surface area contributed by atoms with Crippen LogP contribution >= 0.6 is 11.8 Å². The van der Waals surface area contributed by atoms with Crippen molar-refractivity contribution >= 4 is 23.4 Å². The molecule has 1 rings (SSSR count). The molecule has 0 aliphatic carbocycles. The molecule has 0 fully saturated rings. The fourth-order valence-electron chi connectivity index (χ4n) is 3.13. The normalized spacial score (nSPS) is 11.8. The van der Waals surface area contributed by atoms with Crippen LogP contribution in [0.2, 0.25) is 0 Å². The van der Waals surface area contributed by atoms with E-state index in [4.69, 9.17) is 14.2 Å². The van der Waals surface area contributed by atoms with Crippen molar-refractivity contribution in [3.8, 4) is 17.2 Å². The highest BCUT2D eigenvalue weighted by atomic mass is 32.2. The lowest BCUT2D eigenvalue weighted by atomic mass is 10.1. The zero-order valence-electron chi connectivity index (χ0n) is 18.8. The summed E-state index contributed by atoms with van der Waals surface area (Å²) in [7, 11) is 4.75. The van der Waals surface area contributed by atoms with Crippen LogP contribution in [0.25, 0.3) is 0 Å². The zero-order chi connectivity index (χ0) is 21.5. The van der Waals surface area contributed by atoms with Crippen LogP contribution in [-0.4, -0.2) is 38.2 Å². The summed E-state index contributed by atoms with van der Waals surface area (Å²) in [5.41, 5.74) is 0.561. The standard InChI is InChI=1S/C23H39NO4S/c1-6-8-10-12-14-21(29-15-13-11-9-7-2)23(25)24-22-19(27-4)16-18(26-3)17-20(22)28-5/h16-17,21H,6-15H2,1-5H3,(H,24,25). The van der Waals surface area contributed by atoms with Gasteiger partial charge in [-0.15, -0.1) is 11.8 Å². The third kappa shape index (κ3) is 9.20. The number of nitrogens with one attached hydrogen (secondary N) is 1. The highest BCUT2D eigenvalue weighted by molar-refractivity contribution is 8.00. The number of ether oxygens (including phenoxy) is 3. The van der Waals surface area contributed by atoms with E-state index < -0.39 is 0 Å². The summed E-state index contributed by atoms with van der Waals surface area (Å²) >= 11 is 1.77. The van der Waals surface area contributed by atoms with Gasteiger partial charge in [0.1, 0.15) is 22.9 Å². The van der Waals surface area contributed by atoms with Gasteiger partial charge in [0, 0.05) is 12.1 Å². The maximum Gasteiger partial charge on any atom is 0.237 e. The summed E-state index contributed by atoms with van der Waals surface area (Å²) in [6.45, 7) is 4.42. The topological polar surface area (TPSA) is 56.8 Å². The first-order valence-corrected chi connectivity index (χ1v) is 11.9. The van der Waals surface area contributed by atoms with Gasteiger partial charge in [0.25, 0.3) is 0 Å². The smallest absolute Gasteiger partial charge is 0.237 e. The average molecular weight is 426 g/mol. The predicted octanol–water partition coefficient (Wildman–Crippen LogP) is 6.30. The van der Waals surface area contributed by atoms with Crippen LogP contribution in [0.1, 0.15) is 71.6 Å². The number of rotatable bonds is 16. The van der Waals surface area contributed by atoms with Crippen molar-refractivity contribution in [2.75, 3.05) is 32.4 Å². The Labute approximate surface area is 181 Å². The van der Waals surface area contributed by atoms with Gasteiger partial charge in [-0.3, -0.25) is 4.79 Å². The highest BCUT2D eigenvalue weighted by Gasteiger charge is 2.22. The largest absolute Gasteiger partial charge is 0.496 e. The Kier molecular flexibility index (Phi) is 13.4. The highest BCUT2D eigenvalue weighted by Crippen LogP contribution is 2.39. The lowest BCUT2D eigenvalue weighted by Gasteiger charge is -2.20. The molecule has 0 aliphatic heterocycles. The van der Waals surface area contributed by atoms with E-state index in [1.165, 1.54) is 38.5 Å². The van der Waals surface area contributed by atoms with E-state index in [1.807, 2.05) is 0 Å². The van der Waals surface area contributed by atoms with E-state index in [9.17, 15) is 4.79 Å². The van der Waals surface area contributed by atoms with E-state index in [1.54, 1.807) is 45.2 Å². The van der Waals surface area contributed by atoms with Crippen LogP contribution < -0.4 is 19.5 Å². The van der Waals surface area contributed by atoms with Crippen LogP contribution in [0.15, 0.2) is 12.1 Å². The molecule has 0 heterocycles. The van der Waals surface area contributed by atoms with Gasteiger partial charge in [-0.2, -0.15) is 0 Å². The molecule has 0 aliphatic rings. The van der Waals surface area contributed by atoms with Crippen LogP contribution in [-0.2, 0) is 4.79 Å². The Hall–Kier alpha value is -1.56. The molecule has 0 aromatic heterocycles. The molecule has 0 spiro atoms. The van der Waals surface area contributed by atoms with Crippen molar-refractivity contribution in [1.82, 2.24) is 0 Å². The molecule has 1 atom stereocenters. The van der Waals surface area contributed by atoms with Gasteiger partial charge in [0.2, 0.25) is 5.91 Å². The summed E-state index contributed by atoms with van der Waals surface area (Å²) < 4.78 is 16.2. The van der Waals surface area contributed by atoms with Crippen LogP contribution in [0.5, 0.6) is 17.2 Å². The number of hydrogen-bond acceptors (Lipinski definition) is 5. The molecule has 0 bridgehead atoms. The molecular weight excluding hydrogens is 386 g/mol. The van der Waals surface area contributed by atoms with Crippen LogP contribution in [0.4, 0.5) is 5.69 Å². The van der Waals surface area contributed by atoms with Crippen molar-refractivity contribution in [3.05, 3.63) is 12.1 Å². The molecule has 1 unspecified atom stereocenters. The van der Waals surface area contributed by atoms with E-state index in [2.05, 4.69) is 19.2 Å². The predicted molar refractivity (Wildman–Crippen MR) is 124 cm³/mol. The van der Waals surface area contributed by atoms with Crippen molar-refractivity contribution in [1.29, 1.82) is 0 Å². The van der Waals surface area contributed by atoms with Gasteiger partial charge in [-0.1, -0.05) is 58.8 Å². The minimum atomic E-state index is -0.0648. The SMILES string of the molecule is CCCCCCSC(CCCCCC)C(=O)Nc1c(OC)cc(OC)cc1OC. The van der Waals surface area contributed by atoms with E-state index in [0.29, 0.717) is 22.9 Å². The number of carbonyl (C=O) groups is 1. The maximum absolute atomic E-state index is 13.1. The summed E-state index contributed by atoms with van der Waals surface area (Å²) in [4.78, 5) is 13.1. The van der Waals surface area contributed by atoms with Gasteiger partial charge in [0.05, 0.1) is 26.6 Å². The number of benzene rings is 1. The van der Waals surface area contributed by atoms with Crippen molar-refractivity contribution in [3.63, 3.8) is 0 Å². The van der Waals surface area contributed by atoms with Crippen LogP contribution in [0, 0.1) is 0 Å². The zero-order valence-corrected chi connectivity index (χ0v) is 19.7. The van der Waals surface area contributed by atoms with Gasteiger partial charge in [-0.25, -0.2) is 0 Å². The third-order valence-electron chi connectivity index (χ3n) is 4.89. The Morgan fingerprint density at radius 3 is 2.00 bits per heavy atom. The average Bonchev–Trinajstić information content (AvgIpc) is 2.74. The number of unbranched alkanes of at least 4 members (excludes halogenated alkanes) is 6. The van der Waals surface area contributed by atoms with Gasteiger partial charge in [-0.05, 0) is 18.6 Å². The molecule has 0 saturated heterocycles. The summed E-state index contributed by atoms with van der Waals surface area (Å²) in [5, 5.41) is 3.00. The van der Waals surface area contributed by atoms with Crippen molar-refractivity contribution < 1.29 is 19.0 Å². The van der Waals surface area contributed by atoms with Crippen molar-refractivity contribution in [2.45, 2.75) is 76.9 Å². The molecule has 1 N–H and O–H groups in total. The van der Waals surface area contributed by atoms with Gasteiger partial charge in [0.15, 0.2) is 0 Å². The first kappa shape index (κ1) is 25.5. The molecule has 6 heteroatoms. The number of amides is 1. The molecule has 0 radical (unpaired) electrons. The monoisotopic (exact) mass is 425 g/mol. The summed E-state index contributed by atoms with van der Waals surface area (Å²) in [6, 6.07) is 3.51. The minimum Gasteiger partial charge on any atom is -0.496 e. The quantitative estimate of drug-likeness (QED) is 0.315. The summed E-state index contributed by atoms with van der Waals surface area (Å²) in [6.07, 6.45) is 10.4. The fraction of sp³-hybridized carbons (Fsp3) is 0.696. The Balaban J connectivity index is 2.85. The number of anilines is 1. The van der Waals surface area contributed by atoms with Gasteiger partial charge < -0.3 is 19.5 Å². The lowest BCUT2D eigenvalue weighted by Crippen LogP contribution is -2.26. The fourth-order valence-corrected chi connectivity index (χ4v) is 4.33. The molecule has 1 aromatic rings. The second-order valence-corrected chi connectivity index (χ2v) is 8.48. The van der Waals surface area contributed by atoms with E-state index >= 15 is 0 Å². The van der Waals surface area contributed by atoms with E-state index in [-0.39, 0.29) is 11.2 Å². The number of thioether (sulfide) groups is 1. The van der Waals surface area contributed by atoms with Gasteiger partial charge >= 0.3 is 0 Å². The summed E-state index contributed by atoms with van der Waals surface area (Å²) in [5.74, 6) is 2.73. The molecule has 5 nitrogen and oxygen atoms in total. The lowest BCUT2D eigenvalue weighted by molar-refractivity contribution is -0.115. The molecule has 1 aromatic carbocycles. The minimum absolute atomic E-state index is 0.0174. The van der Waals surface area contributed by atoms with Crippen LogP contribution in [0.3, 0.4) is 0 Å². The second-order valence-electron chi connectivity index (χ2n) is 7.17. The third-order valence-corrected chi connectivity index (χ3v) is 6.27. The number of hydrogen-bond donors (Lipinski definition) is 1. The van der Waals surface area contributed by atoms with Crippen molar-refractivity contribution in [2.24, 2.45) is 0 Å². The molecule has 29 heavy (non-hydrogen) atoms. The molecule has 1 amide bonds. The Morgan fingerprint density at radius 2 is 1.48 bits per heavy atom. The first-order valence-electron chi connectivity index (χ1n) is 10.8. The number of methoxy groups -OCH3 is 3. The number of carbonyl (C=O) groups excluding carboxylic acids is 1. The van der Waals surface area contributed by atoms with E-state index in [0.717, 1.165) is 25.0 Å². The molecular formula is C23H39NO4S. The Morgan fingerprint density at radius 1 is 0.897 bits per heavy atom. The molecule has 166 valence electrons. The molecule has 0 saturated carbocycles. The first-order chi connectivity index (χ1) is 14.1. The maximum atomic E-state index is 13.1.